The molecule has 120 valence electrons. The van der Waals surface area contributed by atoms with E-state index in [0.29, 0.717) is 12.6 Å². The van der Waals surface area contributed by atoms with Crippen molar-refractivity contribution in [2.24, 2.45) is 12.0 Å². The molecule has 0 aliphatic carbocycles. The zero-order valence-corrected chi connectivity index (χ0v) is 14.6. The topological polar surface area (TPSA) is 54.2 Å². The normalized spacial score (nSPS) is 13.2. The minimum atomic E-state index is 0.338. The van der Waals surface area contributed by atoms with Gasteiger partial charge in [0.15, 0.2) is 5.96 Å². The van der Waals surface area contributed by atoms with Crippen molar-refractivity contribution in [2.75, 3.05) is 6.54 Å². The molecule has 0 amide bonds. The van der Waals surface area contributed by atoms with E-state index in [1.807, 2.05) is 30.8 Å². The van der Waals surface area contributed by atoms with Gasteiger partial charge in [0.1, 0.15) is 0 Å². The highest BCUT2D eigenvalue weighted by molar-refractivity contribution is 7.11. The summed E-state index contributed by atoms with van der Waals surface area (Å²) in [6.07, 6.45) is 4.85. The van der Waals surface area contributed by atoms with Gasteiger partial charge >= 0.3 is 0 Å². The molecular weight excluding hydrogens is 294 g/mol. The van der Waals surface area contributed by atoms with Crippen molar-refractivity contribution < 1.29 is 0 Å². The van der Waals surface area contributed by atoms with Gasteiger partial charge in [-0.2, -0.15) is 5.10 Å². The zero-order valence-electron chi connectivity index (χ0n) is 13.8. The van der Waals surface area contributed by atoms with Crippen LogP contribution in [0, 0.1) is 6.92 Å². The molecule has 1 atom stereocenters. The number of aliphatic imine (C=N–C) groups is 1. The van der Waals surface area contributed by atoms with E-state index in [9.17, 15) is 0 Å². The van der Waals surface area contributed by atoms with Crippen LogP contribution in [-0.4, -0.2) is 28.3 Å². The Hall–Kier alpha value is -1.82. The first kappa shape index (κ1) is 16.5. The highest BCUT2D eigenvalue weighted by atomic mass is 32.1. The Morgan fingerprint density at radius 1 is 1.45 bits per heavy atom. The fourth-order valence-electron chi connectivity index (χ4n) is 2.22. The van der Waals surface area contributed by atoms with E-state index in [2.05, 4.69) is 53.6 Å². The Morgan fingerprint density at radius 2 is 2.27 bits per heavy atom. The lowest BCUT2D eigenvalue weighted by atomic mass is 10.2. The molecule has 0 aliphatic heterocycles. The van der Waals surface area contributed by atoms with E-state index in [-0.39, 0.29) is 0 Å². The Labute approximate surface area is 136 Å². The van der Waals surface area contributed by atoms with Gasteiger partial charge in [-0.15, -0.1) is 11.3 Å². The van der Waals surface area contributed by atoms with E-state index in [1.165, 1.54) is 9.75 Å². The molecule has 0 spiro atoms. The Bertz CT molecular complexity index is 614. The molecule has 0 aliphatic rings. The van der Waals surface area contributed by atoms with Crippen LogP contribution in [-0.2, 0) is 20.0 Å². The molecule has 2 rings (SSSR count). The summed E-state index contributed by atoms with van der Waals surface area (Å²) in [6.45, 7) is 7.89. The maximum Gasteiger partial charge on any atom is 0.191 e. The van der Waals surface area contributed by atoms with Gasteiger partial charge in [0, 0.05) is 47.6 Å². The fraction of sp³-hybridized carbons (Fsp3) is 0.500. The van der Waals surface area contributed by atoms with Crippen molar-refractivity contribution >= 4 is 17.3 Å². The van der Waals surface area contributed by atoms with Crippen molar-refractivity contribution in [1.29, 1.82) is 0 Å². The number of aryl methyl sites for hydroxylation is 2. The van der Waals surface area contributed by atoms with Gasteiger partial charge in [0.05, 0.1) is 12.7 Å². The van der Waals surface area contributed by atoms with E-state index in [1.54, 1.807) is 4.68 Å². The van der Waals surface area contributed by atoms with Crippen LogP contribution in [0.15, 0.2) is 29.5 Å². The Kier molecular flexibility index (Phi) is 6.00. The van der Waals surface area contributed by atoms with Crippen molar-refractivity contribution in [1.82, 2.24) is 20.4 Å². The van der Waals surface area contributed by atoms with Crippen LogP contribution in [0.1, 0.15) is 29.2 Å². The maximum atomic E-state index is 4.63. The molecule has 5 nitrogen and oxygen atoms in total. The minimum Gasteiger partial charge on any atom is -0.357 e. The first-order chi connectivity index (χ1) is 10.6. The standard InChI is InChI=1S/C16H25N5S/c1-5-17-16(18-9-14-10-19-21(4)11-14)20-12(2)8-15-7-6-13(3)22-15/h6-7,10-12H,5,8-9H2,1-4H3,(H2,17,18,20). The molecule has 2 aromatic heterocycles. The van der Waals surface area contributed by atoms with E-state index in [0.717, 1.165) is 24.5 Å². The van der Waals surface area contributed by atoms with E-state index >= 15 is 0 Å². The highest BCUT2D eigenvalue weighted by Crippen LogP contribution is 2.16. The lowest BCUT2D eigenvalue weighted by Crippen LogP contribution is -2.43. The predicted molar refractivity (Wildman–Crippen MR) is 93.4 cm³/mol. The second-order valence-corrected chi connectivity index (χ2v) is 6.85. The quantitative estimate of drug-likeness (QED) is 0.635. The van der Waals surface area contributed by atoms with Crippen molar-refractivity contribution in [2.45, 2.75) is 39.8 Å². The number of guanidine groups is 1. The van der Waals surface area contributed by atoms with Crippen molar-refractivity contribution in [3.8, 4) is 0 Å². The number of aromatic nitrogens is 2. The molecule has 22 heavy (non-hydrogen) atoms. The summed E-state index contributed by atoms with van der Waals surface area (Å²) in [5, 5.41) is 10.9. The van der Waals surface area contributed by atoms with Gasteiger partial charge in [-0.1, -0.05) is 0 Å². The summed E-state index contributed by atoms with van der Waals surface area (Å²) in [6, 6.07) is 4.72. The maximum absolute atomic E-state index is 4.63. The predicted octanol–water partition coefficient (Wildman–Crippen LogP) is 2.48. The van der Waals surface area contributed by atoms with Crippen LogP contribution in [0.5, 0.6) is 0 Å². The fourth-order valence-corrected chi connectivity index (χ4v) is 3.24. The lowest BCUT2D eigenvalue weighted by molar-refractivity contribution is 0.645. The minimum absolute atomic E-state index is 0.338. The van der Waals surface area contributed by atoms with Gasteiger partial charge < -0.3 is 10.6 Å². The number of nitrogens with one attached hydrogen (secondary N) is 2. The summed E-state index contributed by atoms with van der Waals surface area (Å²) in [5.74, 6) is 0.854. The summed E-state index contributed by atoms with van der Waals surface area (Å²) in [7, 11) is 1.92. The number of hydrogen-bond acceptors (Lipinski definition) is 3. The summed E-state index contributed by atoms with van der Waals surface area (Å²) >= 11 is 1.86. The SMILES string of the molecule is CCNC(=NCc1cnn(C)c1)NC(C)Cc1ccc(C)s1. The molecule has 0 aromatic carbocycles. The molecular formula is C16H25N5S. The van der Waals surface area contributed by atoms with Crippen LogP contribution < -0.4 is 10.6 Å². The number of nitrogens with zero attached hydrogens (tertiary/aromatic N) is 3. The van der Waals surface area contributed by atoms with Crippen molar-refractivity contribution in [3.63, 3.8) is 0 Å². The van der Waals surface area contributed by atoms with Crippen LogP contribution >= 0.6 is 11.3 Å². The second-order valence-electron chi connectivity index (χ2n) is 5.48. The molecule has 0 saturated heterocycles. The largest absolute Gasteiger partial charge is 0.357 e. The highest BCUT2D eigenvalue weighted by Gasteiger charge is 2.08. The smallest absolute Gasteiger partial charge is 0.191 e. The van der Waals surface area contributed by atoms with Gasteiger partial charge in [0.2, 0.25) is 0 Å². The third-order valence-corrected chi connectivity index (χ3v) is 4.23. The van der Waals surface area contributed by atoms with Crippen molar-refractivity contribution in [3.05, 3.63) is 39.8 Å². The van der Waals surface area contributed by atoms with Crippen LogP contribution in [0.4, 0.5) is 0 Å². The number of hydrogen-bond donors (Lipinski definition) is 2. The average molecular weight is 319 g/mol. The molecule has 6 heteroatoms. The van der Waals surface area contributed by atoms with Gasteiger partial charge in [-0.05, 0) is 32.9 Å². The zero-order chi connectivity index (χ0) is 15.9. The van der Waals surface area contributed by atoms with Crippen LogP contribution in [0.3, 0.4) is 0 Å². The van der Waals surface area contributed by atoms with E-state index < -0.39 is 0 Å². The third-order valence-electron chi connectivity index (χ3n) is 3.21. The lowest BCUT2D eigenvalue weighted by Gasteiger charge is -2.17. The molecule has 2 aromatic rings. The number of thiophene rings is 1. The van der Waals surface area contributed by atoms with Gasteiger partial charge in [-0.25, -0.2) is 4.99 Å². The van der Waals surface area contributed by atoms with E-state index in [4.69, 9.17) is 0 Å². The third kappa shape index (κ3) is 5.18. The summed E-state index contributed by atoms with van der Waals surface area (Å²) < 4.78 is 1.80. The summed E-state index contributed by atoms with van der Waals surface area (Å²) in [4.78, 5) is 7.39. The monoisotopic (exact) mass is 319 g/mol. The molecule has 0 radical (unpaired) electrons. The van der Waals surface area contributed by atoms with Crippen LogP contribution in [0.25, 0.3) is 0 Å². The van der Waals surface area contributed by atoms with Gasteiger partial charge in [0.25, 0.3) is 0 Å². The molecule has 1 unspecified atom stereocenters. The summed E-state index contributed by atoms with van der Waals surface area (Å²) in [5.41, 5.74) is 1.11. The first-order valence-corrected chi connectivity index (χ1v) is 8.46. The Morgan fingerprint density at radius 3 is 2.86 bits per heavy atom. The molecule has 0 bridgehead atoms. The Balaban J connectivity index is 1.92. The average Bonchev–Trinajstić information content (AvgIpc) is 3.05. The molecule has 0 saturated carbocycles. The van der Waals surface area contributed by atoms with Crippen LogP contribution in [0.2, 0.25) is 0 Å². The molecule has 2 N–H and O–H groups in total. The molecule has 2 heterocycles. The number of rotatable bonds is 6. The first-order valence-electron chi connectivity index (χ1n) is 7.64. The molecule has 0 fully saturated rings. The van der Waals surface area contributed by atoms with Gasteiger partial charge in [-0.3, -0.25) is 4.68 Å². The second kappa shape index (κ2) is 7.98.